The first-order valence-electron chi connectivity index (χ1n) is 7.50. The van der Waals surface area contributed by atoms with Gasteiger partial charge in [-0.2, -0.15) is 0 Å². The van der Waals surface area contributed by atoms with Crippen molar-refractivity contribution in [3.05, 3.63) is 35.4 Å². The van der Waals surface area contributed by atoms with E-state index in [1.54, 1.807) is 0 Å². The molecule has 1 N–H and O–H groups in total. The molecule has 1 amide bonds. The Balaban J connectivity index is 0.00000161. The fraction of sp³-hybridized carbons (Fsp3) is 0.562. The number of hydrogen-bond donors (Lipinski definition) is 1. The molecule has 1 fully saturated rings. The Morgan fingerprint density at radius 2 is 2.14 bits per heavy atom. The first kappa shape index (κ1) is 16.3. The minimum Gasteiger partial charge on any atom is -0.377 e. The summed E-state index contributed by atoms with van der Waals surface area (Å²) >= 11 is 0. The number of fused-ring (bicyclic) bond motifs is 1. The second-order valence-electron chi connectivity index (χ2n) is 5.60. The highest BCUT2D eigenvalue weighted by molar-refractivity contribution is 5.85. The van der Waals surface area contributed by atoms with Crippen LogP contribution in [0.15, 0.2) is 24.3 Å². The normalized spacial score (nSPS) is 20.8. The first-order valence-corrected chi connectivity index (χ1v) is 7.50. The van der Waals surface area contributed by atoms with E-state index in [1.165, 1.54) is 11.1 Å². The summed E-state index contributed by atoms with van der Waals surface area (Å²) in [5, 5.41) is 3.23. The molecular formula is C16H23ClN2O2. The number of carbonyl (C=O) groups is 1. The van der Waals surface area contributed by atoms with Crippen molar-refractivity contribution >= 4 is 18.3 Å². The van der Waals surface area contributed by atoms with Crippen LogP contribution in [0.3, 0.4) is 0 Å². The maximum Gasteiger partial charge on any atom is 0.236 e. The zero-order chi connectivity index (χ0) is 13.8. The van der Waals surface area contributed by atoms with Crippen LogP contribution in [-0.4, -0.2) is 43.2 Å². The Labute approximate surface area is 132 Å². The molecule has 0 saturated carbocycles. The Morgan fingerprint density at radius 3 is 2.90 bits per heavy atom. The second kappa shape index (κ2) is 7.78. The van der Waals surface area contributed by atoms with E-state index in [1.807, 2.05) is 11.0 Å². The van der Waals surface area contributed by atoms with Crippen molar-refractivity contribution < 1.29 is 9.53 Å². The van der Waals surface area contributed by atoms with Gasteiger partial charge in [0.2, 0.25) is 5.91 Å². The molecule has 0 radical (unpaired) electrons. The molecule has 3 rings (SSSR count). The van der Waals surface area contributed by atoms with Crippen molar-refractivity contribution in [2.45, 2.75) is 31.9 Å². The molecule has 1 aromatic rings. The van der Waals surface area contributed by atoms with Gasteiger partial charge in [0.15, 0.2) is 0 Å². The van der Waals surface area contributed by atoms with Crippen molar-refractivity contribution in [1.82, 2.24) is 10.2 Å². The molecule has 0 aliphatic carbocycles. The molecule has 0 spiro atoms. The molecule has 1 unspecified atom stereocenters. The monoisotopic (exact) mass is 310 g/mol. The predicted molar refractivity (Wildman–Crippen MR) is 84.7 cm³/mol. The molecular weight excluding hydrogens is 288 g/mol. The zero-order valence-corrected chi connectivity index (χ0v) is 13.0. The molecule has 21 heavy (non-hydrogen) atoms. The lowest BCUT2D eigenvalue weighted by molar-refractivity contribution is -0.131. The maximum atomic E-state index is 12.2. The standard InChI is InChI=1S/C16H22N2O2.ClH/c19-16(11-17-10-15-6-3-9-20-15)18-8-7-13-4-1-2-5-14(13)12-18;/h1-2,4-5,15,17H,3,6-12H2;1H. The third kappa shape index (κ3) is 4.19. The Kier molecular flexibility index (Phi) is 6.03. The van der Waals surface area contributed by atoms with Gasteiger partial charge in [-0.15, -0.1) is 12.4 Å². The van der Waals surface area contributed by atoms with E-state index in [0.29, 0.717) is 12.6 Å². The number of ether oxygens (including phenoxy) is 1. The van der Waals surface area contributed by atoms with Gasteiger partial charge in [0, 0.05) is 26.2 Å². The van der Waals surface area contributed by atoms with Crippen LogP contribution in [0.25, 0.3) is 0 Å². The quantitative estimate of drug-likeness (QED) is 0.921. The summed E-state index contributed by atoms with van der Waals surface area (Å²) in [5.41, 5.74) is 2.66. The van der Waals surface area contributed by atoms with E-state index in [2.05, 4.69) is 23.5 Å². The van der Waals surface area contributed by atoms with Crippen LogP contribution >= 0.6 is 12.4 Å². The van der Waals surface area contributed by atoms with Crippen molar-refractivity contribution in [3.8, 4) is 0 Å². The zero-order valence-electron chi connectivity index (χ0n) is 12.2. The van der Waals surface area contributed by atoms with Gasteiger partial charge in [-0.1, -0.05) is 24.3 Å². The smallest absolute Gasteiger partial charge is 0.236 e. The van der Waals surface area contributed by atoms with E-state index in [4.69, 9.17) is 4.74 Å². The Bertz CT molecular complexity index is 475. The van der Waals surface area contributed by atoms with Gasteiger partial charge in [0.1, 0.15) is 0 Å². The van der Waals surface area contributed by atoms with Crippen LogP contribution in [0, 0.1) is 0 Å². The number of hydrogen-bond acceptors (Lipinski definition) is 3. The second-order valence-corrected chi connectivity index (χ2v) is 5.60. The average molecular weight is 311 g/mol. The minimum atomic E-state index is 0. The topological polar surface area (TPSA) is 41.6 Å². The molecule has 2 heterocycles. The third-order valence-electron chi connectivity index (χ3n) is 4.16. The molecule has 2 aliphatic heterocycles. The van der Waals surface area contributed by atoms with Gasteiger partial charge in [-0.3, -0.25) is 4.79 Å². The fourth-order valence-corrected chi connectivity index (χ4v) is 2.97. The molecule has 116 valence electrons. The fourth-order valence-electron chi connectivity index (χ4n) is 2.97. The van der Waals surface area contributed by atoms with Crippen molar-refractivity contribution in [3.63, 3.8) is 0 Å². The van der Waals surface area contributed by atoms with E-state index in [9.17, 15) is 4.79 Å². The minimum absolute atomic E-state index is 0. The van der Waals surface area contributed by atoms with Gasteiger partial charge in [0.05, 0.1) is 12.6 Å². The Hall–Kier alpha value is -1.10. The molecule has 2 aliphatic rings. The number of carbonyl (C=O) groups excluding carboxylic acids is 1. The summed E-state index contributed by atoms with van der Waals surface area (Å²) in [5.74, 6) is 0.192. The van der Waals surface area contributed by atoms with Gasteiger partial charge in [-0.25, -0.2) is 0 Å². The summed E-state index contributed by atoms with van der Waals surface area (Å²) in [7, 11) is 0. The highest BCUT2D eigenvalue weighted by Gasteiger charge is 2.20. The van der Waals surface area contributed by atoms with Gasteiger partial charge in [-0.05, 0) is 30.4 Å². The highest BCUT2D eigenvalue weighted by atomic mass is 35.5. The molecule has 5 heteroatoms. The third-order valence-corrected chi connectivity index (χ3v) is 4.16. The average Bonchev–Trinajstić information content (AvgIpc) is 3.00. The van der Waals surface area contributed by atoms with E-state index < -0.39 is 0 Å². The molecule has 1 aromatic carbocycles. The summed E-state index contributed by atoms with van der Waals surface area (Å²) in [6.45, 7) is 3.65. The number of rotatable bonds is 4. The number of benzene rings is 1. The van der Waals surface area contributed by atoms with Crippen LogP contribution in [0.4, 0.5) is 0 Å². The van der Waals surface area contributed by atoms with Gasteiger partial charge in [0.25, 0.3) is 0 Å². The van der Waals surface area contributed by atoms with E-state index in [0.717, 1.165) is 45.5 Å². The molecule has 1 saturated heterocycles. The molecule has 0 bridgehead atoms. The predicted octanol–water partition coefficient (Wildman–Crippen LogP) is 1.76. The van der Waals surface area contributed by atoms with Gasteiger partial charge < -0.3 is 15.0 Å². The molecule has 0 aromatic heterocycles. The van der Waals surface area contributed by atoms with Crippen LogP contribution in [0.1, 0.15) is 24.0 Å². The summed E-state index contributed by atoms with van der Waals surface area (Å²) in [6, 6.07) is 8.39. The number of nitrogens with zero attached hydrogens (tertiary/aromatic N) is 1. The largest absolute Gasteiger partial charge is 0.377 e. The lowest BCUT2D eigenvalue weighted by atomic mass is 10.00. The molecule has 1 atom stereocenters. The van der Waals surface area contributed by atoms with E-state index in [-0.39, 0.29) is 18.3 Å². The highest BCUT2D eigenvalue weighted by Crippen LogP contribution is 2.18. The summed E-state index contributed by atoms with van der Waals surface area (Å²) in [6.07, 6.45) is 3.51. The summed E-state index contributed by atoms with van der Waals surface area (Å²) in [4.78, 5) is 14.2. The van der Waals surface area contributed by atoms with Crippen LogP contribution in [0.5, 0.6) is 0 Å². The van der Waals surface area contributed by atoms with E-state index >= 15 is 0 Å². The van der Waals surface area contributed by atoms with Crippen LogP contribution < -0.4 is 5.32 Å². The van der Waals surface area contributed by atoms with Gasteiger partial charge >= 0.3 is 0 Å². The van der Waals surface area contributed by atoms with Crippen LogP contribution in [0.2, 0.25) is 0 Å². The van der Waals surface area contributed by atoms with Crippen molar-refractivity contribution in [1.29, 1.82) is 0 Å². The summed E-state index contributed by atoms with van der Waals surface area (Å²) < 4.78 is 5.54. The lowest BCUT2D eigenvalue weighted by Crippen LogP contribution is -2.42. The van der Waals surface area contributed by atoms with Crippen LogP contribution in [-0.2, 0) is 22.5 Å². The first-order chi connectivity index (χ1) is 9.83. The molecule has 4 nitrogen and oxygen atoms in total. The maximum absolute atomic E-state index is 12.2. The number of halogens is 1. The Morgan fingerprint density at radius 1 is 1.33 bits per heavy atom. The van der Waals surface area contributed by atoms with Crippen molar-refractivity contribution in [2.75, 3.05) is 26.2 Å². The number of nitrogens with one attached hydrogen (secondary N) is 1. The van der Waals surface area contributed by atoms with Crippen molar-refractivity contribution in [2.24, 2.45) is 0 Å². The number of amides is 1. The SMILES string of the molecule is Cl.O=C(CNCC1CCCO1)N1CCc2ccccc2C1. The lowest BCUT2D eigenvalue weighted by Gasteiger charge is -2.29.